The fourth-order valence-electron chi connectivity index (χ4n) is 1.62. The van der Waals surface area contributed by atoms with Crippen molar-refractivity contribution in [1.82, 2.24) is 4.98 Å². The molecule has 0 saturated carbocycles. The zero-order chi connectivity index (χ0) is 13.0. The van der Waals surface area contributed by atoms with Crippen LogP contribution in [0, 0.1) is 6.92 Å². The van der Waals surface area contributed by atoms with Gasteiger partial charge in [0.05, 0.1) is 6.61 Å². The van der Waals surface area contributed by atoms with E-state index in [1.807, 2.05) is 25.1 Å². The monoisotopic (exact) mass is 242 g/mol. The minimum absolute atomic E-state index is 0.0736. The summed E-state index contributed by atoms with van der Waals surface area (Å²) in [6.45, 7) is 1.86. The average Bonchev–Trinajstić information content (AvgIpc) is 2.39. The molecule has 2 rings (SSSR count). The van der Waals surface area contributed by atoms with Crippen molar-refractivity contribution in [2.24, 2.45) is 0 Å². The number of aryl methyl sites for hydroxylation is 1. The van der Waals surface area contributed by atoms with Crippen molar-refractivity contribution in [2.75, 3.05) is 5.32 Å². The highest BCUT2D eigenvalue weighted by molar-refractivity contribution is 6.03. The molecule has 92 valence electrons. The number of nitrogens with zero attached hydrogens (tertiary/aromatic N) is 1. The second-order valence-electron chi connectivity index (χ2n) is 4.03. The third-order valence-electron chi connectivity index (χ3n) is 2.53. The molecule has 0 unspecified atom stereocenters. The fraction of sp³-hybridized carbons (Fsp3) is 0.143. The van der Waals surface area contributed by atoms with Crippen LogP contribution in [-0.4, -0.2) is 16.0 Å². The van der Waals surface area contributed by atoms with Crippen LogP contribution in [0.2, 0.25) is 0 Å². The number of pyridine rings is 1. The van der Waals surface area contributed by atoms with Crippen LogP contribution in [0.3, 0.4) is 0 Å². The van der Waals surface area contributed by atoms with Crippen LogP contribution in [0.5, 0.6) is 0 Å². The Kier molecular flexibility index (Phi) is 3.69. The number of aliphatic hydroxyl groups is 1. The van der Waals surface area contributed by atoms with E-state index >= 15 is 0 Å². The van der Waals surface area contributed by atoms with Crippen LogP contribution in [0.25, 0.3) is 0 Å². The molecule has 0 aliphatic rings. The van der Waals surface area contributed by atoms with Crippen molar-refractivity contribution in [1.29, 1.82) is 0 Å². The van der Waals surface area contributed by atoms with Crippen molar-refractivity contribution in [2.45, 2.75) is 13.5 Å². The lowest BCUT2D eigenvalue weighted by Gasteiger charge is -2.06. The van der Waals surface area contributed by atoms with Crippen LogP contribution < -0.4 is 5.32 Å². The summed E-state index contributed by atoms with van der Waals surface area (Å²) in [7, 11) is 0. The maximum absolute atomic E-state index is 12.0. The van der Waals surface area contributed by atoms with Crippen molar-refractivity contribution in [3.63, 3.8) is 0 Å². The molecule has 0 aliphatic heterocycles. The van der Waals surface area contributed by atoms with E-state index in [0.717, 1.165) is 5.56 Å². The minimum Gasteiger partial charge on any atom is -0.392 e. The van der Waals surface area contributed by atoms with Gasteiger partial charge in [-0.2, -0.15) is 0 Å². The van der Waals surface area contributed by atoms with E-state index in [1.165, 1.54) is 0 Å². The fourth-order valence-corrected chi connectivity index (χ4v) is 1.62. The Labute approximate surface area is 105 Å². The van der Waals surface area contributed by atoms with Crippen molar-refractivity contribution < 1.29 is 9.90 Å². The van der Waals surface area contributed by atoms with Gasteiger partial charge in [-0.05, 0) is 36.8 Å². The molecule has 0 saturated heterocycles. The Hall–Kier alpha value is -2.20. The molecule has 2 N–H and O–H groups in total. The molecule has 0 fully saturated rings. The summed E-state index contributed by atoms with van der Waals surface area (Å²) in [6, 6.07) is 10.7. The van der Waals surface area contributed by atoms with Gasteiger partial charge in [-0.25, -0.2) is 4.98 Å². The lowest BCUT2D eigenvalue weighted by molar-refractivity contribution is 0.102. The van der Waals surface area contributed by atoms with E-state index in [4.69, 9.17) is 5.11 Å². The predicted molar refractivity (Wildman–Crippen MR) is 69.3 cm³/mol. The second kappa shape index (κ2) is 5.42. The Morgan fingerprint density at radius 1 is 1.33 bits per heavy atom. The van der Waals surface area contributed by atoms with Gasteiger partial charge in [0.25, 0.3) is 5.91 Å². The van der Waals surface area contributed by atoms with Crippen LogP contribution in [0.1, 0.15) is 21.5 Å². The Bertz CT molecular complexity index is 567. The zero-order valence-electron chi connectivity index (χ0n) is 10.1. The number of hydrogen-bond acceptors (Lipinski definition) is 3. The van der Waals surface area contributed by atoms with Gasteiger partial charge in [0.15, 0.2) is 0 Å². The number of benzene rings is 1. The number of aromatic nitrogens is 1. The summed E-state index contributed by atoms with van der Waals surface area (Å²) in [5.74, 6) is 0.231. The summed E-state index contributed by atoms with van der Waals surface area (Å²) >= 11 is 0. The van der Waals surface area contributed by atoms with Gasteiger partial charge in [-0.15, -0.1) is 0 Å². The molecule has 18 heavy (non-hydrogen) atoms. The first kappa shape index (κ1) is 12.3. The normalized spacial score (nSPS) is 10.1. The molecule has 1 heterocycles. The summed E-state index contributed by atoms with van der Waals surface area (Å²) < 4.78 is 0. The maximum Gasteiger partial charge on any atom is 0.256 e. The van der Waals surface area contributed by atoms with Gasteiger partial charge in [-0.1, -0.05) is 17.7 Å². The number of amides is 1. The molecule has 1 aromatic carbocycles. The maximum atomic E-state index is 12.0. The van der Waals surface area contributed by atoms with Gasteiger partial charge in [0, 0.05) is 11.8 Å². The van der Waals surface area contributed by atoms with Gasteiger partial charge in [0.2, 0.25) is 0 Å². The molecule has 0 radical (unpaired) electrons. The number of aliphatic hydroxyl groups excluding tert-OH is 1. The third kappa shape index (κ3) is 2.93. The summed E-state index contributed by atoms with van der Waals surface area (Å²) in [5.41, 5.74) is 2.33. The molecular formula is C14H14N2O2. The number of anilines is 1. The number of nitrogens with one attached hydrogen (secondary N) is 1. The molecule has 2 aromatic rings. The summed E-state index contributed by atoms with van der Waals surface area (Å²) in [4.78, 5) is 16.0. The number of hydrogen-bond donors (Lipinski definition) is 2. The first-order valence-corrected chi connectivity index (χ1v) is 5.63. The SMILES string of the molecule is Cc1cccc(C(=O)Nc2cc(CO)ccn2)c1. The molecule has 0 spiro atoms. The van der Waals surface area contributed by atoms with E-state index in [9.17, 15) is 4.79 Å². The van der Waals surface area contributed by atoms with Crippen LogP contribution in [-0.2, 0) is 6.61 Å². The average molecular weight is 242 g/mol. The largest absolute Gasteiger partial charge is 0.392 e. The molecular weight excluding hydrogens is 228 g/mol. The summed E-state index contributed by atoms with van der Waals surface area (Å²) in [6.07, 6.45) is 1.55. The first-order chi connectivity index (χ1) is 8.69. The smallest absolute Gasteiger partial charge is 0.256 e. The number of carbonyl (C=O) groups is 1. The second-order valence-corrected chi connectivity index (χ2v) is 4.03. The van der Waals surface area contributed by atoms with Gasteiger partial charge in [0.1, 0.15) is 5.82 Å². The third-order valence-corrected chi connectivity index (χ3v) is 2.53. The molecule has 1 aromatic heterocycles. The van der Waals surface area contributed by atoms with Crippen molar-refractivity contribution in [3.8, 4) is 0 Å². The van der Waals surface area contributed by atoms with Gasteiger partial charge < -0.3 is 10.4 Å². The molecule has 0 atom stereocenters. The van der Waals surface area contributed by atoms with E-state index in [0.29, 0.717) is 16.9 Å². The van der Waals surface area contributed by atoms with Gasteiger partial charge >= 0.3 is 0 Å². The van der Waals surface area contributed by atoms with Crippen molar-refractivity contribution in [3.05, 3.63) is 59.3 Å². The van der Waals surface area contributed by atoms with Gasteiger partial charge in [-0.3, -0.25) is 4.79 Å². The number of carbonyl (C=O) groups excluding carboxylic acids is 1. The Morgan fingerprint density at radius 3 is 2.89 bits per heavy atom. The first-order valence-electron chi connectivity index (χ1n) is 5.63. The molecule has 0 aliphatic carbocycles. The minimum atomic E-state index is -0.207. The summed E-state index contributed by atoms with van der Waals surface area (Å²) in [5, 5.41) is 11.7. The standard InChI is InChI=1S/C14H14N2O2/c1-10-3-2-4-12(7-10)14(18)16-13-8-11(9-17)5-6-15-13/h2-8,17H,9H2,1H3,(H,15,16,18). The topological polar surface area (TPSA) is 62.2 Å². The zero-order valence-corrected chi connectivity index (χ0v) is 10.1. The predicted octanol–water partition coefficient (Wildman–Crippen LogP) is 2.13. The molecule has 1 amide bonds. The highest BCUT2D eigenvalue weighted by atomic mass is 16.3. The Morgan fingerprint density at radius 2 is 2.17 bits per heavy atom. The lowest BCUT2D eigenvalue weighted by Crippen LogP contribution is -2.13. The Balaban J connectivity index is 2.16. The van der Waals surface area contributed by atoms with Crippen molar-refractivity contribution >= 4 is 11.7 Å². The van der Waals surface area contributed by atoms with Crippen LogP contribution in [0.4, 0.5) is 5.82 Å². The van der Waals surface area contributed by atoms with Crippen LogP contribution in [0.15, 0.2) is 42.6 Å². The van der Waals surface area contributed by atoms with E-state index in [2.05, 4.69) is 10.3 Å². The number of rotatable bonds is 3. The molecule has 4 heteroatoms. The van der Waals surface area contributed by atoms with Crippen LogP contribution >= 0.6 is 0 Å². The highest BCUT2D eigenvalue weighted by Crippen LogP contribution is 2.10. The quantitative estimate of drug-likeness (QED) is 0.866. The van der Waals surface area contributed by atoms with E-state index < -0.39 is 0 Å². The molecule has 4 nitrogen and oxygen atoms in total. The van der Waals surface area contributed by atoms with E-state index in [-0.39, 0.29) is 12.5 Å². The lowest BCUT2D eigenvalue weighted by atomic mass is 10.1. The van der Waals surface area contributed by atoms with E-state index in [1.54, 1.807) is 24.4 Å². The molecule has 0 bridgehead atoms. The highest BCUT2D eigenvalue weighted by Gasteiger charge is 2.06.